The molecule has 0 fully saturated rings. The number of carbonyl (C=O) groups excluding carboxylic acids is 2. The average molecular weight is 308 g/mol. The predicted octanol–water partition coefficient (Wildman–Crippen LogP) is 2.59. The van der Waals surface area contributed by atoms with E-state index in [1.54, 1.807) is 49.4 Å². The predicted molar refractivity (Wildman–Crippen MR) is 86.8 cm³/mol. The Morgan fingerprint density at radius 2 is 1.78 bits per heavy atom. The van der Waals surface area contributed by atoms with Crippen LogP contribution in [0.5, 0.6) is 0 Å². The van der Waals surface area contributed by atoms with Crippen molar-refractivity contribution in [3.05, 3.63) is 65.7 Å². The third-order valence-electron chi connectivity index (χ3n) is 3.67. The Kier molecular flexibility index (Phi) is 3.93. The van der Waals surface area contributed by atoms with Gasteiger partial charge in [0.15, 0.2) is 0 Å². The van der Waals surface area contributed by atoms with E-state index in [9.17, 15) is 9.59 Å². The van der Waals surface area contributed by atoms with Gasteiger partial charge in [-0.1, -0.05) is 36.4 Å². The minimum Gasteiger partial charge on any atom is -0.464 e. The summed E-state index contributed by atoms with van der Waals surface area (Å²) in [6, 6.07) is 15.9. The fraction of sp³-hybridized carbons (Fsp3) is 0.167. The van der Waals surface area contributed by atoms with Crippen LogP contribution in [-0.2, 0) is 15.1 Å². The number of benzene rings is 2. The molecule has 0 saturated heterocycles. The van der Waals surface area contributed by atoms with Crippen molar-refractivity contribution < 1.29 is 14.3 Å². The molecule has 0 saturated carbocycles. The molecule has 116 valence electrons. The fourth-order valence-electron chi connectivity index (χ4n) is 2.55. The summed E-state index contributed by atoms with van der Waals surface area (Å²) in [6.45, 7) is 1.94. The Labute approximate surface area is 134 Å². The second kappa shape index (κ2) is 6.04. The van der Waals surface area contributed by atoms with Crippen LogP contribution in [-0.4, -0.2) is 24.7 Å². The van der Waals surface area contributed by atoms with Gasteiger partial charge in [0.2, 0.25) is 5.54 Å². The second-order valence-electron chi connectivity index (χ2n) is 5.12. The summed E-state index contributed by atoms with van der Waals surface area (Å²) in [4.78, 5) is 29.4. The SMILES string of the molecule is CCOC(=O)C1(NC(=O)c2ccccc2)C=Nc2ccccc21. The van der Waals surface area contributed by atoms with Crippen LogP contribution in [0.2, 0.25) is 0 Å². The molecule has 0 aliphatic carbocycles. The maximum absolute atomic E-state index is 12.6. The number of esters is 1. The molecule has 1 N–H and O–H groups in total. The number of fused-ring (bicyclic) bond motifs is 1. The zero-order chi connectivity index (χ0) is 16.3. The molecule has 5 nitrogen and oxygen atoms in total. The first-order chi connectivity index (χ1) is 11.2. The normalized spacial score (nSPS) is 18.3. The molecular formula is C18H16N2O3. The van der Waals surface area contributed by atoms with Crippen molar-refractivity contribution in [1.82, 2.24) is 5.32 Å². The Morgan fingerprint density at radius 3 is 2.52 bits per heavy atom. The number of carbonyl (C=O) groups is 2. The van der Waals surface area contributed by atoms with E-state index in [-0.39, 0.29) is 12.5 Å². The molecule has 3 rings (SSSR count). The third-order valence-corrected chi connectivity index (χ3v) is 3.67. The monoisotopic (exact) mass is 308 g/mol. The van der Waals surface area contributed by atoms with Crippen molar-refractivity contribution in [3.8, 4) is 0 Å². The largest absolute Gasteiger partial charge is 0.464 e. The number of nitrogens with one attached hydrogen (secondary N) is 1. The summed E-state index contributed by atoms with van der Waals surface area (Å²) < 4.78 is 5.18. The lowest BCUT2D eigenvalue weighted by molar-refractivity contribution is -0.147. The van der Waals surface area contributed by atoms with Gasteiger partial charge in [0, 0.05) is 17.3 Å². The number of para-hydroxylation sites is 1. The molecule has 1 unspecified atom stereocenters. The van der Waals surface area contributed by atoms with Crippen LogP contribution >= 0.6 is 0 Å². The second-order valence-corrected chi connectivity index (χ2v) is 5.12. The fourth-order valence-corrected chi connectivity index (χ4v) is 2.55. The lowest BCUT2D eigenvalue weighted by Gasteiger charge is -2.26. The number of rotatable bonds is 4. The molecule has 1 heterocycles. The van der Waals surface area contributed by atoms with Crippen molar-refractivity contribution >= 4 is 23.8 Å². The minimum absolute atomic E-state index is 0.220. The number of amides is 1. The van der Waals surface area contributed by atoms with Crippen molar-refractivity contribution in [2.45, 2.75) is 12.5 Å². The van der Waals surface area contributed by atoms with E-state index in [0.717, 1.165) is 0 Å². The molecule has 1 atom stereocenters. The lowest BCUT2D eigenvalue weighted by atomic mass is 9.91. The molecule has 0 bridgehead atoms. The standard InChI is InChI=1S/C18H16N2O3/c1-2-23-17(22)18(12-19-15-11-7-6-10-14(15)18)20-16(21)13-8-4-3-5-9-13/h3-12H,2H2,1H3,(H,20,21). The first kappa shape index (κ1) is 15.0. The van der Waals surface area contributed by atoms with Crippen molar-refractivity contribution in [2.75, 3.05) is 6.61 Å². The Morgan fingerprint density at radius 1 is 1.09 bits per heavy atom. The molecule has 5 heteroatoms. The van der Waals surface area contributed by atoms with Crippen molar-refractivity contribution in [2.24, 2.45) is 4.99 Å². The maximum atomic E-state index is 12.6. The zero-order valence-electron chi connectivity index (χ0n) is 12.7. The molecular weight excluding hydrogens is 292 g/mol. The molecule has 1 aliphatic rings. The zero-order valence-corrected chi connectivity index (χ0v) is 12.7. The van der Waals surface area contributed by atoms with E-state index < -0.39 is 11.5 Å². The first-order valence-electron chi connectivity index (χ1n) is 7.37. The third kappa shape index (κ3) is 2.61. The number of hydrogen-bond donors (Lipinski definition) is 1. The van der Waals surface area contributed by atoms with Crippen LogP contribution in [0.1, 0.15) is 22.8 Å². The van der Waals surface area contributed by atoms with Crippen LogP contribution in [0.15, 0.2) is 59.6 Å². The van der Waals surface area contributed by atoms with E-state index in [2.05, 4.69) is 10.3 Å². The summed E-state index contributed by atoms with van der Waals surface area (Å²) in [5.41, 5.74) is 0.338. The van der Waals surface area contributed by atoms with Gasteiger partial charge in [-0.05, 0) is 25.1 Å². The molecule has 1 amide bonds. The van der Waals surface area contributed by atoms with Gasteiger partial charge in [0.05, 0.1) is 12.3 Å². The average Bonchev–Trinajstić information content (AvgIpc) is 2.96. The Bertz CT molecular complexity index is 771. The van der Waals surface area contributed by atoms with Gasteiger partial charge in [0.25, 0.3) is 5.91 Å². The number of ether oxygens (including phenoxy) is 1. The molecule has 0 aromatic heterocycles. The van der Waals surface area contributed by atoms with Crippen LogP contribution in [0, 0.1) is 0 Å². The summed E-state index contributed by atoms with van der Waals surface area (Å²) in [5, 5.41) is 2.79. The van der Waals surface area contributed by atoms with Crippen LogP contribution in [0.4, 0.5) is 5.69 Å². The van der Waals surface area contributed by atoms with Gasteiger partial charge >= 0.3 is 5.97 Å². The number of aliphatic imine (C=N–C) groups is 1. The van der Waals surface area contributed by atoms with Gasteiger partial charge in [0.1, 0.15) is 0 Å². The van der Waals surface area contributed by atoms with Gasteiger partial charge in [-0.2, -0.15) is 0 Å². The van der Waals surface area contributed by atoms with E-state index in [0.29, 0.717) is 16.8 Å². The highest BCUT2D eigenvalue weighted by Crippen LogP contribution is 2.36. The van der Waals surface area contributed by atoms with Crippen molar-refractivity contribution in [3.63, 3.8) is 0 Å². The molecule has 0 radical (unpaired) electrons. The summed E-state index contributed by atoms with van der Waals surface area (Å²) in [6.07, 6.45) is 1.44. The summed E-state index contributed by atoms with van der Waals surface area (Å²) in [5.74, 6) is -0.903. The van der Waals surface area contributed by atoms with Gasteiger partial charge in [-0.15, -0.1) is 0 Å². The minimum atomic E-state index is -1.39. The van der Waals surface area contributed by atoms with Crippen LogP contribution < -0.4 is 5.32 Å². The molecule has 2 aromatic carbocycles. The smallest absolute Gasteiger partial charge is 0.342 e. The van der Waals surface area contributed by atoms with Crippen LogP contribution in [0.3, 0.4) is 0 Å². The molecule has 1 aliphatic heterocycles. The van der Waals surface area contributed by atoms with E-state index in [1.165, 1.54) is 6.21 Å². The highest BCUT2D eigenvalue weighted by atomic mass is 16.5. The number of nitrogens with zero attached hydrogens (tertiary/aromatic N) is 1. The maximum Gasteiger partial charge on any atom is 0.342 e. The first-order valence-corrected chi connectivity index (χ1v) is 7.37. The molecule has 0 spiro atoms. The van der Waals surface area contributed by atoms with Crippen molar-refractivity contribution in [1.29, 1.82) is 0 Å². The van der Waals surface area contributed by atoms with Gasteiger partial charge in [-0.3, -0.25) is 9.79 Å². The van der Waals surface area contributed by atoms with E-state index >= 15 is 0 Å². The lowest BCUT2D eigenvalue weighted by Crippen LogP contribution is -2.52. The highest BCUT2D eigenvalue weighted by molar-refractivity contribution is 6.10. The topological polar surface area (TPSA) is 67.8 Å². The van der Waals surface area contributed by atoms with E-state index in [4.69, 9.17) is 4.74 Å². The Hall–Kier alpha value is -2.95. The highest BCUT2D eigenvalue weighted by Gasteiger charge is 2.46. The quantitative estimate of drug-likeness (QED) is 0.883. The molecule has 2 aromatic rings. The Balaban J connectivity index is 2.00. The van der Waals surface area contributed by atoms with E-state index in [1.807, 2.05) is 12.1 Å². The van der Waals surface area contributed by atoms with Crippen LogP contribution in [0.25, 0.3) is 0 Å². The summed E-state index contributed by atoms with van der Waals surface area (Å²) in [7, 11) is 0. The summed E-state index contributed by atoms with van der Waals surface area (Å²) >= 11 is 0. The molecule has 23 heavy (non-hydrogen) atoms. The number of hydrogen-bond acceptors (Lipinski definition) is 4. The van der Waals surface area contributed by atoms with Gasteiger partial charge < -0.3 is 10.1 Å². The van der Waals surface area contributed by atoms with Gasteiger partial charge in [-0.25, -0.2) is 4.79 Å².